The van der Waals surface area contributed by atoms with Crippen molar-refractivity contribution in [3.05, 3.63) is 18.5 Å². The van der Waals surface area contributed by atoms with Crippen molar-refractivity contribution in [3.63, 3.8) is 0 Å². The number of halogens is 2. The summed E-state index contributed by atoms with van der Waals surface area (Å²) in [4.78, 5) is 2.47. The first-order valence-corrected chi connectivity index (χ1v) is 4.86. The predicted octanol–water partition coefficient (Wildman–Crippen LogP) is 0.632. The van der Waals surface area contributed by atoms with Crippen molar-refractivity contribution in [1.29, 1.82) is 0 Å². The number of rotatable bonds is 3. The molecule has 0 saturated carbocycles. The van der Waals surface area contributed by atoms with Crippen LogP contribution in [0.15, 0.2) is 18.5 Å². The second-order valence-corrected chi connectivity index (χ2v) is 3.36. The van der Waals surface area contributed by atoms with Crippen LogP contribution in [-0.4, -0.2) is 47.4 Å². The van der Waals surface area contributed by atoms with E-state index in [-0.39, 0.29) is 24.8 Å². The van der Waals surface area contributed by atoms with E-state index in [4.69, 9.17) is 0 Å². The lowest BCUT2D eigenvalue weighted by atomic mass is 10.3. The van der Waals surface area contributed by atoms with Gasteiger partial charge < -0.3 is 5.32 Å². The Hall–Kier alpha value is -0.290. The number of nitrogens with zero attached hydrogens (tertiary/aromatic N) is 3. The molecule has 1 saturated heterocycles. The molecule has 0 aliphatic carbocycles. The Morgan fingerprint density at radius 3 is 2.47 bits per heavy atom. The lowest BCUT2D eigenvalue weighted by Gasteiger charge is -2.26. The van der Waals surface area contributed by atoms with Gasteiger partial charge in [0.15, 0.2) is 0 Å². The van der Waals surface area contributed by atoms with Crippen molar-refractivity contribution in [1.82, 2.24) is 20.0 Å². The van der Waals surface area contributed by atoms with E-state index in [0.717, 1.165) is 26.2 Å². The summed E-state index contributed by atoms with van der Waals surface area (Å²) in [7, 11) is 0. The van der Waals surface area contributed by atoms with Gasteiger partial charge in [0.05, 0.1) is 6.54 Å². The Bertz CT molecular complexity index is 234. The van der Waals surface area contributed by atoms with Gasteiger partial charge in [-0.25, -0.2) is 0 Å². The number of aromatic nitrogens is 2. The second-order valence-electron chi connectivity index (χ2n) is 3.36. The topological polar surface area (TPSA) is 33.1 Å². The lowest BCUT2D eigenvalue weighted by Crippen LogP contribution is -2.44. The highest BCUT2D eigenvalue weighted by Crippen LogP contribution is 1.93. The molecule has 0 aromatic carbocycles. The van der Waals surface area contributed by atoms with E-state index in [1.807, 2.05) is 23.1 Å². The third-order valence-corrected chi connectivity index (χ3v) is 2.41. The average molecular weight is 253 g/mol. The molecule has 2 rings (SSSR count). The van der Waals surface area contributed by atoms with Crippen LogP contribution in [0.2, 0.25) is 0 Å². The minimum absolute atomic E-state index is 0. The van der Waals surface area contributed by atoms with Gasteiger partial charge in [0.25, 0.3) is 0 Å². The average Bonchev–Trinajstić information content (AvgIpc) is 2.69. The molecule has 1 N–H and O–H groups in total. The molecule has 0 unspecified atom stereocenters. The summed E-state index contributed by atoms with van der Waals surface area (Å²) in [5.41, 5.74) is 0. The third kappa shape index (κ3) is 4.84. The summed E-state index contributed by atoms with van der Waals surface area (Å²) in [5, 5.41) is 7.52. The van der Waals surface area contributed by atoms with E-state index >= 15 is 0 Å². The molecule has 4 nitrogen and oxygen atoms in total. The van der Waals surface area contributed by atoms with Crippen LogP contribution >= 0.6 is 24.8 Å². The standard InChI is InChI=1S/C9H16N4.2ClH/c1-2-11-13(5-1)9-8-12-6-3-10-4-7-12;;/h1-2,5,10H,3-4,6-9H2;2*1H. The molecule has 0 radical (unpaired) electrons. The summed E-state index contributed by atoms with van der Waals surface area (Å²) < 4.78 is 1.99. The SMILES string of the molecule is Cl.Cl.c1cnn(CCN2CCNCC2)c1. The molecule has 1 aromatic rings. The van der Waals surface area contributed by atoms with Gasteiger partial charge in [-0.1, -0.05) is 0 Å². The first-order valence-electron chi connectivity index (χ1n) is 4.86. The molecular formula is C9H18Cl2N4. The van der Waals surface area contributed by atoms with E-state index in [1.165, 1.54) is 13.1 Å². The van der Waals surface area contributed by atoms with Crippen molar-refractivity contribution in [3.8, 4) is 0 Å². The van der Waals surface area contributed by atoms with Gasteiger partial charge in [-0.05, 0) is 6.07 Å². The van der Waals surface area contributed by atoms with E-state index in [0.29, 0.717) is 0 Å². The molecule has 6 heteroatoms. The minimum Gasteiger partial charge on any atom is -0.314 e. The van der Waals surface area contributed by atoms with Crippen LogP contribution in [-0.2, 0) is 6.54 Å². The molecule has 0 amide bonds. The molecule has 0 bridgehead atoms. The maximum Gasteiger partial charge on any atom is 0.0536 e. The predicted molar refractivity (Wildman–Crippen MR) is 66.0 cm³/mol. The Balaban J connectivity index is 0.000000980. The fourth-order valence-electron chi connectivity index (χ4n) is 1.61. The van der Waals surface area contributed by atoms with Crippen LogP contribution in [0.5, 0.6) is 0 Å². The Morgan fingerprint density at radius 2 is 1.87 bits per heavy atom. The van der Waals surface area contributed by atoms with Crippen LogP contribution in [0.4, 0.5) is 0 Å². The fourth-order valence-corrected chi connectivity index (χ4v) is 1.61. The monoisotopic (exact) mass is 252 g/mol. The Labute approximate surface area is 103 Å². The maximum absolute atomic E-state index is 4.18. The van der Waals surface area contributed by atoms with Gasteiger partial charge >= 0.3 is 0 Å². The Morgan fingerprint density at radius 1 is 1.13 bits per heavy atom. The quantitative estimate of drug-likeness (QED) is 0.857. The van der Waals surface area contributed by atoms with Crippen molar-refractivity contribution < 1.29 is 0 Å². The zero-order valence-electron chi connectivity index (χ0n) is 8.63. The van der Waals surface area contributed by atoms with Crippen molar-refractivity contribution in [2.45, 2.75) is 6.54 Å². The zero-order chi connectivity index (χ0) is 8.93. The highest BCUT2D eigenvalue weighted by Gasteiger charge is 2.08. The molecule has 1 aliphatic heterocycles. The summed E-state index contributed by atoms with van der Waals surface area (Å²) >= 11 is 0. The summed E-state index contributed by atoms with van der Waals surface area (Å²) in [6.45, 7) is 6.71. The highest BCUT2D eigenvalue weighted by molar-refractivity contribution is 5.85. The number of hydrogen-bond acceptors (Lipinski definition) is 3. The second kappa shape index (κ2) is 7.93. The minimum atomic E-state index is 0. The molecular weight excluding hydrogens is 235 g/mol. The smallest absolute Gasteiger partial charge is 0.0536 e. The molecule has 88 valence electrons. The van der Waals surface area contributed by atoms with Crippen molar-refractivity contribution in [2.75, 3.05) is 32.7 Å². The van der Waals surface area contributed by atoms with Crippen LogP contribution in [0.25, 0.3) is 0 Å². The van der Waals surface area contributed by atoms with Gasteiger partial charge in [0.1, 0.15) is 0 Å². The first kappa shape index (κ1) is 14.7. The number of piperazine rings is 1. The van der Waals surface area contributed by atoms with Crippen LogP contribution in [0, 0.1) is 0 Å². The molecule has 0 atom stereocenters. The van der Waals surface area contributed by atoms with Crippen LogP contribution in [0.1, 0.15) is 0 Å². The summed E-state index contributed by atoms with van der Waals surface area (Å²) in [6, 6.07) is 1.97. The fraction of sp³-hybridized carbons (Fsp3) is 0.667. The van der Waals surface area contributed by atoms with Gasteiger partial charge in [0, 0.05) is 45.1 Å². The maximum atomic E-state index is 4.18. The van der Waals surface area contributed by atoms with E-state index < -0.39 is 0 Å². The lowest BCUT2D eigenvalue weighted by molar-refractivity contribution is 0.229. The van der Waals surface area contributed by atoms with Gasteiger partial charge in [0.2, 0.25) is 0 Å². The molecule has 1 fully saturated rings. The molecule has 1 aromatic heterocycles. The Kier molecular flexibility index (Phi) is 7.78. The number of nitrogens with one attached hydrogen (secondary N) is 1. The molecule has 1 aliphatic rings. The van der Waals surface area contributed by atoms with Gasteiger partial charge in [-0.2, -0.15) is 5.10 Å². The van der Waals surface area contributed by atoms with E-state index in [2.05, 4.69) is 15.3 Å². The molecule has 0 spiro atoms. The number of hydrogen-bond donors (Lipinski definition) is 1. The largest absolute Gasteiger partial charge is 0.314 e. The van der Waals surface area contributed by atoms with Crippen molar-refractivity contribution >= 4 is 24.8 Å². The summed E-state index contributed by atoms with van der Waals surface area (Å²) in [6.07, 6.45) is 3.85. The van der Waals surface area contributed by atoms with Crippen LogP contribution < -0.4 is 5.32 Å². The van der Waals surface area contributed by atoms with Crippen molar-refractivity contribution in [2.24, 2.45) is 0 Å². The van der Waals surface area contributed by atoms with E-state index in [1.54, 1.807) is 0 Å². The van der Waals surface area contributed by atoms with Crippen LogP contribution in [0.3, 0.4) is 0 Å². The third-order valence-electron chi connectivity index (χ3n) is 2.41. The van der Waals surface area contributed by atoms with Gasteiger partial charge in [-0.3, -0.25) is 9.58 Å². The normalized spacial score (nSPS) is 16.5. The first-order chi connectivity index (χ1) is 6.45. The summed E-state index contributed by atoms with van der Waals surface area (Å²) in [5.74, 6) is 0. The van der Waals surface area contributed by atoms with E-state index in [9.17, 15) is 0 Å². The zero-order valence-corrected chi connectivity index (χ0v) is 10.3. The molecule has 15 heavy (non-hydrogen) atoms. The highest BCUT2D eigenvalue weighted by atomic mass is 35.5. The van der Waals surface area contributed by atoms with Gasteiger partial charge in [-0.15, -0.1) is 24.8 Å². The molecule has 2 heterocycles.